The highest BCUT2D eigenvalue weighted by Crippen LogP contribution is 2.45. The summed E-state index contributed by atoms with van der Waals surface area (Å²) in [7, 11) is 0. The van der Waals surface area contributed by atoms with Gasteiger partial charge in [-0.05, 0) is 38.8 Å². The van der Waals surface area contributed by atoms with Gasteiger partial charge in [-0.25, -0.2) is 4.79 Å². The van der Waals surface area contributed by atoms with Crippen molar-refractivity contribution in [3.63, 3.8) is 0 Å². The van der Waals surface area contributed by atoms with Crippen molar-refractivity contribution in [2.24, 2.45) is 0 Å². The predicted molar refractivity (Wildman–Crippen MR) is 109 cm³/mol. The Labute approximate surface area is 161 Å². The highest BCUT2D eigenvalue weighted by atomic mass is 16.5. The van der Waals surface area contributed by atoms with Crippen molar-refractivity contribution in [1.29, 1.82) is 0 Å². The van der Waals surface area contributed by atoms with E-state index in [1.54, 1.807) is 13.0 Å². The molecule has 0 radical (unpaired) electrons. The van der Waals surface area contributed by atoms with Gasteiger partial charge in [-0.15, -0.1) is 0 Å². The van der Waals surface area contributed by atoms with Gasteiger partial charge in [0, 0.05) is 22.3 Å². The molecule has 0 amide bonds. The number of benzene rings is 2. The molecule has 0 N–H and O–H groups in total. The molecular formula is C23H28O4. The molecule has 4 heteroatoms. The molecule has 0 aromatic heterocycles. The maximum absolute atomic E-state index is 12.0. The fourth-order valence-electron chi connectivity index (χ4n) is 2.79. The van der Waals surface area contributed by atoms with Crippen LogP contribution in [0.4, 0.5) is 0 Å². The van der Waals surface area contributed by atoms with Gasteiger partial charge in [0.1, 0.15) is 5.75 Å². The van der Waals surface area contributed by atoms with Crippen molar-refractivity contribution in [3.05, 3.63) is 54.1 Å². The molecule has 0 heterocycles. The Morgan fingerprint density at radius 2 is 1.59 bits per heavy atom. The van der Waals surface area contributed by atoms with Crippen LogP contribution in [0.25, 0.3) is 11.1 Å². The van der Waals surface area contributed by atoms with Crippen LogP contribution in [0.3, 0.4) is 0 Å². The number of hydrogen-bond donors (Lipinski definition) is 0. The lowest BCUT2D eigenvalue weighted by Crippen LogP contribution is -2.09. The Bertz CT molecular complexity index is 821. The topological polar surface area (TPSA) is 44.8 Å². The normalized spacial score (nSPS) is 10.6. The molecule has 0 bridgehead atoms. The highest BCUT2D eigenvalue weighted by Gasteiger charge is 2.21. The fraction of sp³-hybridized carbons (Fsp3) is 0.348. The van der Waals surface area contributed by atoms with Crippen LogP contribution >= 0.6 is 0 Å². The Balaban J connectivity index is 2.66. The molecule has 0 aliphatic heterocycles. The molecule has 0 fully saturated rings. The summed E-state index contributed by atoms with van der Waals surface area (Å²) in [6.45, 7) is 14.5. The van der Waals surface area contributed by atoms with E-state index in [0.29, 0.717) is 30.3 Å². The first-order valence-corrected chi connectivity index (χ1v) is 9.30. The number of carbonyl (C=O) groups excluding carboxylic acids is 1. The summed E-state index contributed by atoms with van der Waals surface area (Å²) in [6.07, 6.45) is 0. The summed E-state index contributed by atoms with van der Waals surface area (Å²) in [5.41, 5.74) is 3.03. The summed E-state index contributed by atoms with van der Waals surface area (Å²) in [5, 5.41) is 0. The Morgan fingerprint density at radius 3 is 2.19 bits per heavy atom. The highest BCUT2D eigenvalue weighted by molar-refractivity contribution is 5.90. The monoisotopic (exact) mass is 368 g/mol. The molecule has 2 rings (SSSR count). The molecule has 4 nitrogen and oxygen atoms in total. The molecule has 0 saturated heterocycles. The predicted octanol–water partition coefficient (Wildman–Crippen LogP) is 5.76. The van der Waals surface area contributed by atoms with E-state index in [-0.39, 0.29) is 5.92 Å². The summed E-state index contributed by atoms with van der Waals surface area (Å²) >= 11 is 0. The van der Waals surface area contributed by atoms with Crippen LogP contribution in [0, 0.1) is 0 Å². The van der Waals surface area contributed by atoms with Crippen molar-refractivity contribution in [3.8, 4) is 28.4 Å². The van der Waals surface area contributed by atoms with E-state index in [4.69, 9.17) is 14.2 Å². The summed E-state index contributed by atoms with van der Waals surface area (Å²) < 4.78 is 17.5. The molecule has 0 aliphatic rings. The van der Waals surface area contributed by atoms with E-state index in [9.17, 15) is 4.79 Å². The minimum Gasteiger partial charge on any atom is -0.490 e. The average molecular weight is 368 g/mol. The fourth-order valence-corrected chi connectivity index (χ4v) is 2.79. The third-order valence-electron chi connectivity index (χ3n) is 4.07. The van der Waals surface area contributed by atoms with Crippen molar-refractivity contribution in [2.45, 2.75) is 40.5 Å². The first kappa shape index (κ1) is 20.6. The number of hydrogen-bond acceptors (Lipinski definition) is 4. The lowest BCUT2D eigenvalue weighted by molar-refractivity contribution is -0.130. The van der Waals surface area contributed by atoms with Crippen molar-refractivity contribution >= 4 is 5.97 Å². The van der Waals surface area contributed by atoms with Crippen LogP contribution in [0.5, 0.6) is 17.2 Å². The van der Waals surface area contributed by atoms with Gasteiger partial charge in [-0.1, -0.05) is 44.7 Å². The van der Waals surface area contributed by atoms with E-state index >= 15 is 0 Å². The summed E-state index contributed by atoms with van der Waals surface area (Å²) in [5.74, 6) is 1.71. The van der Waals surface area contributed by atoms with Gasteiger partial charge in [0.25, 0.3) is 0 Å². The van der Waals surface area contributed by atoms with Gasteiger partial charge in [0.05, 0.1) is 13.2 Å². The average Bonchev–Trinajstić information content (AvgIpc) is 2.63. The molecule has 27 heavy (non-hydrogen) atoms. The largest absolute Gasteiger partial charge is 0.490 e. The lowest BCUT2D eigenvalue weighted by Gasteiger charge is -2.21. The van der Waals surface area contributed by atoms with E-state index in [1.807, 2.05) is 44.2 Å². The van der Waals surface area contributed by atoms with Gasteiger partial charge in [0.15, 0.2) is 11.5 Å². The van der Waals surface area contributed by atoms with Crippen LogP contribution in [0.2, 0.25) is 0 Å². The van der Waals surface area contributed by atoms with Gasteiger partial charge in [-0.3, -0.25) is 0 Å². The molecule has 0 spiro atoms. The second kappa shape index (κ2) is 9.26. The van der Waals surface area contributed by atoms with Crippen LogP contribution < -0.4 is 14.2 Å². The van der Waals surface area contributed by atoms with Gasteiger partial charge in [0.2, 0.25) is 0 Å². The zero-order valence-electron chi connectivity index (χ0n) is 16.8. The SMILES string of the molecule is C=C(C)C(=O)Oc1ccccc1-c1ccc(C(C)C)c(OCC)c1OCC. The molecule has 2 aromatic rings. The number of esters is 1. The van der Waals surface area contributed by atoms with Crippen molar-refractivity contribution in [2.75, 3.05) is 13.2 Å². The number of para-hydroxylation sites is 1. The quantitative estimate of drug-likeness (QED) is 0.338. The Kier molecular flexibility index (Phi) is 7.05. The number of carbonyl (C=O) groups is 1. The summed E-state index contributed by atoms with van der Waals surface area (Å²) in [4.78, 5) is 12.0. The molecule has 2 aromatic carbocycles. The van der Waals surface area contributed by atoms with Crippen molar-refractivity contribution < 1.29 is 19.0 Å². The maximum atomic E-state index is 12.0. The number of ether oxygens (including phenoxy) is 3. The lowest BCUT2D eigenvalue weighted by atomic mass is 9.95. The van der Waals surface area contributed by atoms with Crippen LogP contribution in [-0.4, -0.2) is 19.2 Å². The molecule has 0 aliphatic carbocycles. The minimum absolute atomic E-state index is 0.288. The van der Waals surface area contributed by atoms with Gasteiger partial charge < -0.3 is 14.2 Å². The Hall–Kier alpha value is -2.75. The first-order valence-electron chi connectivity index (χ1n) is 9.30. The van der Waals surface area contributed by atoms with E-state index in [1.165, 1.54) is 0 Å². The second-order valence-corrected chi connectivity index (χ2v) is 6.55. The maximum Gasteiger partial charge on any atom is 0.338 e. The zero-order chi connectivity index (χ0) is 20.0. The molecular weight excluding hydrogens is 340 g/mol. The van der Waals surface area contributed by atoms with E-state index in [0.717, 1.165) is 22.4 Å². The molecule has 0 saturated carbocycles. The third-order valence-corrected chi connectivity index (χ3v) is 4.07. The van der Waals surface area contributed by atoms with Gasteiger partial charge >= 0.3 is 5.97 Å². The molecule has 0 atom stereocenters. The third kappa shape index (κ3) is 4.70. The second-order valence-electron chi connectivity index (χ2n) is 6.55. The van der Waals surface area contributed by atoms with E-state index in [2.05, 4.69) is 20.4 Å². The Morgan fingerprint density at radius 1 is 0.963 bits per heavy atom. The van der Waals surface area contributed by atoms with Gasteiger partial charge in [-0.2, -0.15) is 0 Å². The zero-order valence-corrected chi connectivity index (χ0v) is 16.8. The smallest absolute Gasteiger partial charge is 0.338 e. The van der Waals surface area contributed by atoms with Crippen LogP contribution in [-0.2, 0) is 4.79 Å². The van der Waals surface area contributed by atoms with Crippen molar-refractivity contribution in [1.82, 2.24) is 0 Å². The standard InChI is InChI=1S/C23H28O4/c1-7-25-21-17(15(3)4)13-14-19(22(21)26-8-2)18-11-9-10-12-20(18)27-23(24)16(5)6/h9-15H,5,7-8H2,1-4,6H3. The number of rotatable bonds is 8. The van der Waals surface area contributed by atoms with Crippen LogP contribution in [0.15, 0.2) is 48.6 Å². The molecule has 144 valence electrons. The molecule has 0 unspecified atom stereocenters. The van der Waals surface area contributed by atoms with E-state index < -0.39 is 5.97 Å². The first-order chi connectivity index (χ1) is 12.9. The summed E-state index contributed by atoms with van der Waals surface area (Å²) in [6, 6.07) is 11.4. The minimum atomic E-state index is -0.454. The van der Waals surface area contributed by atoms with Crippen LogP contribution in [0.1, 0.15) is 46.1 Å².